The second-order valence-corrected chi connectivity index (χ2v) is 14.7. The van der Waals surface area contributed by atoms with Gasteiger partial charge in [0, 0.05) is 55.2 Å². The SMILES string of the molecule is C[C@H](N(Cc1ccc(F)cc1)C(O)CN1C(=O)O[C@@]2(CCc3cc(NCCC(=O)NCc4ccc(C(=O)C5CCCCCC5)cc4)ccc32)C1=O)C(F)(F)F. The number of nitrogens with one attached hydrogen (secondary N) is 2. The Hall–Kier alpha value is -4.82. The molecule has 3 aromatic carbocycles. The summed E-state index contributed by atoms with van der Waals surface area (Å²) in [5.41, 5.74) is 2.06. The molecule has 1 saturated heterocycles. The molecule has 3 aliphatic rings. The molecule has 14 heteroatoms. The number of carbonyl (C=O) groups excluding carboxylic acids is 4. The van der Waals surface area contributed by atoms with Crippen LogP contribution in [0.25, 0.3) is 0 Å². The second kappa shape index (κ2) is 16.9. The third-order valence-corrected chi connectivity index (χ3v) is 11.0. The fraction of sp³-hybridized carbons (Fsp3) is 0.463. The van der Waals surface area contributed by atoms with Crippen LogP contribution in [0.15, 0.2) is 66.7 Å². The van der Waals surface area contributed by atoms with Crippen molar-refractivity contribution in [2.75, 3.05) is 18.4 Å². The van der Waals surface area contributed by atoms with Crippen LogP contribution >= 0.6 is 0 Å². The highest BCUT2D eigenvalue weighted by molar-refractivity contribution is 6.04. The van der Waals surface area contributed by atoms with Crippen molar-refractivity contribution in [2.24, 2.45) is 5.92 Å². The number of fused-ring (bicyclic) bond motifs is 2. The molecule has 2 aliphatic carbocycles. The number of amides is 3. The van der Waals surface area contributed by atoms with Crippen LogP contribution in [0.5, 0.6) is 0 Å². The molecule has 294 valence electrons. The van der Waals surface area contributed by atoms with E-state index >= 15 is 0 Å². The summed E-state index contributed by atoms with van der Waals surface area (Å²) >= 11 is 0. The van der Waals surface area contributed by atoms with Gasteiger partial charge in [0.25, 0.3) is 5.91 Å². The van der Waals surface area contributed by atoms with Gasteiger partial charge in [-0.3, -0.25) is 19.3 Å². The predicted molar refractivity (Wildman–Crippen MR) is 195 cm³/mol. The number of ether oxygens (including phenoxy) is 1. The first-order chi connectivity index (χ1) is 26.2. The first-order valence-electron chi connectivity index (χ1n) is 18.8. The summed E-state index contributed by atoms with van der Waals surface area (Å²) in [6.45, 7) is 0.291. The van der Waals surface area contributed by atoms with E-state index in [-0.39, 0.29) is 30.4 Å². The molecule has 2 fully saturated rings. The number of imide groups is 1. The van der Waals surface area contributed by atoms with Crippen molar-refractivity contribution >= 4 is 29.4 Å². The maximum Gasteiger partial charge on any atom is 0.418 e. The number of benzene rings is 3. The lowest BCUT2D eigenvalue weighted by atomic mass is 9.91. The van der Waals surface area contributed by atoms with E-state index in [1.165, 1.54) is 25.0 Å². The Bertz CT molecular complexity index is 1860. The summed E-state index contributed by atoms with van der Waals surface area (Å²) in [5.74, 6) is -1.24. The van der Waals surface area contributed by atoms with Gasteiger partial charge >= 0.3 is 12.3 Å². The summed E-state index contributed by atoms with van der Waals surface area (Å²) in [4.78, 5) is 53.6. The van der Waals surface area contributed by atoms with E-state index in [2.05, 4.69) is 10.6 Å². The quantitative estimate of drug-likeness (QED) is 0.0694. The van der Waals surface area contributed by atoms with Crippen molar-refractivity contribution in [1.82, 2.24) is 15.1 Å². The standard InChI is InChI=1S/C41H46F4N4O6/c1-26(41(43,44)45)48(24-28-10-14-32(42)15-11-28)36(51)25-49-38(53)40(55-39(49)54)20-18-31-22-33(16-17-34(31)40)46-21-19-35(50)47-23-27-8-12-30(13-9-27)37(52)29-6-4-2-3-5-7-29/h8-17,22,26,29,36,46,51H,2-7,18-21,23-25H2,1H3,(H,47,50)/t26-,36?,40+/m0/s1. The van der Waals surface area contributed by atoms with E-state index in [1.807, 2.05) is 24.3 Å². The van der Waals surface area contributed by atoms with Crippen molar-refractivity contribution in [1.29, 1.82) is 0 Å². The summed E-state index contributed by atoms with van der Waals surface area (Å²) in [7, 11) is 0. The fourth-order valence-corrected chi connectivity index (χ4v) is 7.71. The van der Waals surface area contributed by atoms with E-state index < -0.39 is 55.0 Å². The van der Waals surface area contributed by atoms with E-state index in [4.69, 9.17) is 4.74 Å². The van der Waals surface area contributed by atoms with Crippen molar-refractivity contribution in [3.63, 3.8) is 0 Å². The zero-order valence-corrected chi connectivity index (χ0v) is 30.7. The van der Waals surface area contributed by atoms with Gasteiger partial charge in [-0.2, -0.15) is 13.2 Å². The monoisotopic (exact) mass is 766 g/mol. The number of alkyl halides is 3. The normalized spacial score (nSPS) is 19.9. The zero-order valence-electron chi connectivity index (χ0n) is 30.7. The molecule has 3 atom stereocenters. The Kier molecular flexibility index (Phi) is 12.3. The van der Waals surface area contributed by atoms with E-state index in [0.717, 1.165) is 55.9 Å². The lowest BCUT2D eigenvalue weighted by molar-refractivity contribution is -0.204. The van der Waals surface area contributed by atoms with Crippen LogP contribution in [-0.2, 0) is 39.4 Å². The van der Waals surface area contributed by atoms with Gasteiger partial charge in [-0.05, 0) is 67.1 Å². The van der Waals surface area contributed by atoms with Crippen LogP contribution in [0.2, 0.25) is 0 Å². The smallest absolute Gasteiger partial charge is 0.418 e. The molecule has 0 bridgehead atoms. The van der Waals surface area contributed by atoms with Gasteiger partial charge < -0.3 is 20.5 Å². The summed E-state index contributed by atoms with van der Waals surface area (Å²) in [6.07, 6.45) is -0.641. The van der Waals surface area contributed by atoms with Gasteiger partial charge in [0.2, 0.25) is 11.5 Å². The van der Waals surface area contributed by atoms with Gasteiger partial charge in [0.05, 0.1) is 6.54 Å². The minimum Gasteiger partial charge on any atom is -0.427 e. The highest BCUT2D eigenvalue weighted by Gasteiger charge is 2.58. The Labute approximate surface area is 317 Å². The number of halogens is 4. The number of aryl methyl sites for hydroxylation is 1. The average molecular weight is 767 g/mol. The average Bonchev–Trinajstić information content (AvgIpc) is 3.46. The maximum atomic E-state index is 13.8. The zero-order chi connectivity index (χ0) is 39.3. The molecule has 1 spiro atoms. The van der Waals surface area contributed by atoms with E-state index in [1.54, 1.807) is 18.2 Å². The minimum absolute atomic E-state index is 0.0884. The largest absolute Gasteiger partial charge is 0.427 e. The molecule has 1 aliphatic heterocycles. The van der Waals surface area contributed by atoms with Crippen molar-refractivity contribution in [3.05, 3.63) is 100 Å². The molecule has 0 aromatic heterocycles. The van der Waals surface area contributed by atoms with Crippen molar-refractivity contribution in [3.8, 4) is 0 Å². The molecule has 10 nitrogen and oxygen atoms in total. The number of β-amino-alcohol motifs (C(OH)–C–C–N with tert-alkyl or cyclic N) is 1. The summed E-state index contributed by atoms with van der Waals surface area (Å²) < 4.78 is 60.5. The van der Waals surface area contributed by atoms with E-state index in [9.17, 15) is 41.8 Å². The molecule has 1 heterocycles. The van der Waals surface area contributed by atoms with Crippen LogP contribution in [-0.4, -0.2) is 70.1 Å². The molecular weight excluding hydrogens is 720 g/mol. The molecule has 3 aromatic rings. The number of nitrogens with zero attached hydrogens (tertiary/aromatic N) is 2. The van der Waals surface area contributed by atoms with Gasteiger partial charge in [-0.1, -0.05) is 68.1 Å². The number of hydrogen-bond acceptors (Lipinski definition) is 8. The Morgan fingerprint density at radius 3 is 2.33 bits per heavy atom. The third kappa shape index (κ3) is 9.18. The number of Topliss-reactive ketones (excluding diaryl/α,β-unsaturated/α-hetero) is 1. The molecule has 1 unspecified atom stereocenters. The Morgan fingerprint density at radius 2 is 1.65 bits per heavy atom. The molecule has 6 rings (SSSR count). The van der Waals surface area contributed by atoms with E-state index in [0.29, 0.717) is 51.7 Å². The third-order valence-electron chi connectivity index (χ3n) is 11.0. The van der Waals surface area contributed by atoms with Crippen LogP contribution in [0.1, 0.15) is 90.9 Å². The Balaban J connectivity index is 1.01. The highest BCUT2D eigenvalue weighted by Crippen LogP contribution is 2.46. The number of carbonyl (C=O) groups is 4. The van der Waals surface area contributed by atoms with Gasteiger partial charge in [-0.25, -0.2) is 14.1 Å². The maximum absolute atomic E-state index is 13.8. The van der Waals surface area contributed by atoms with Crippen LogP contribution in [0.4, 0.5) is 28.0 Å². The first kappa shape index (κ1) is 39.9. The summed E-state index contributed by atoms with van der Waals surface area (Å²) in [5, 5.41) is 17.1. The van der Waals surface area contributed by atoms with Crippen molar-refractivity contribution in [2.45, 2.75) is 102 Å². The first-order valence-corrected chi connectivity index (χ1v) is 18.8. The number of aliphatic hydroxyl groups excluding tert-OH is 1. The van der Waals surface area contributed by atoms with Crippen LogP contribution in [0, 0.1) is 11.7 Å². The lowest BCUT2D eigenvalue weighted by Crippen LogP contribution is -2.53. The van der Waals surface area contributed by atoms with Crippen LogP contribution < -0.4 is 10.6 Å². The number of anilines is 1. The number of hydrogen-bond donors (Lipinski definition) is 3. The second-order valence-electron chi connectivity index (χ2n) is 14.7. The minimum atomic E-state index is -4.75. The Morgan fingerprint density at radius 1 is 0.982 bits per heavy atom. The number of ketones is 1. The van der Waals surface area contributed by atoms with Gasteiger partial charge in [0.15, 0.2) is 5.78 Å². The molecular formula is C41H46F4N4O6. The van der Waals surface area contributed by atoms with Gasteiger partial charge in [-0.15, -0.1) is 0 Å². The van der Waals surface area contributed by atoms with Crippen molar-refractivity contribution < 1.29 is 46.6 Å². The topological polar surface area (TPSA) is 128 Å². The lowest BCUT2D eigenvalue weighted by Gasteiger charge is -2.35. The summed E-state index contributed by atoms with van der Waals surface area (Å²) in [6, 6.07) is 15.1. The van der Waals surface area contributed by atoms with Crippen LogP contribution in [0.3, 0.4) is 0 Å². The molecule has 55 heavy (non-hydrogen) atoms. The fourth-order valence-electron chi connectivity index (χ4n) is 7.71. The van der Waals surface area contributed by atoms with Gasteiger partial charge in [0.1, 0.15) is 18.1 Å². The molecule has 1 saturated carbocycles. The molecule has 3 amide bonds. The number of aliphatic hydroxyl groups is 1. The molecule has 0 radical (unpaired) electrons. The highest BCUT2D eigenvalue weighted by atomic mass is 19.4. The molecule has 3 N–H and O–H groups in total. The number of rotatable bonds is 14. The predicted octanol–water partition coefficient (Wildman–Crippen LogP) is 6.99.